The summed E-state index contributed by atoms with van der Waals surface area (Å²) < 4.78 is 43.7. The standard InChI is InChI=1S/C17H15F3O3/c1-10(16(21)22)11-6-7-14(15(9-11)23-2)12-4-3-5-13(8-12)17(18,19)20/h3-10H,1-2H3,(H,21,22). The second-order valence-corrected chi connectivity index (χ2v) is 5.10. The van der Waals surface area contributed by atoms with Crippen molar-refractivity contribution in [2.45, 2.75) is 19.0 Å². The molecule has 0 aliphatic rings. The van der Waals surface area contributed by atoms with Gasteiger partial charge >= 0.3 is 12.1 Å². The van der Waals surface area contributed by atoms with E-state index in [0.29, 0.717) is 22.4 Å². The molecule has 0 aromatic heterocycles. The van der Waals surface area contributed by atoms with Crippen molar-refractivity contribution in [2.24, 2.45) is 0 Å². The van der Waals surface area contributed by atoms with Gasteiger partial charge in [-0.3, -0.25) is 4.79 Å². The molecule has 2 aromatic carbocycles. The average Bonchev–Trinajstić information content (AvgIpc) is 2.52. The summed E-state index contributed by atoms with van der Waals surface area (Å²) in [5.74, 6) is -1.40. The quantitative estimate of drug-likeness (QED) is 0.896. The van der Waals surface area contributed by atoms with E-state index in [1.54, 1.807) is 18.2 Å². The maximum atomic E-state index is 12.8. The van der Waals surface area contributed by atoms with Crippen molar-refractivity contribution >= 4 is 5.97 Å². The highest BCUT2D eigenvalue weighted by Gasteiger charge is 2.30. The molecule has 0 amide bonds. The Morgan fingerprint density at radius 1 is 1.17 bits per heavy atom. The normalized spacial score (nSPS) is 12.7. The van der Waals surface area contributed by atoms with Crippen LogP contribution in [0, 0.1) is 0 Å². The minimum absolute atomic E-state index is 0.329. The number of halogens is 3. The molecule has 0 bridgehead atoms. The van der Waals surface area contributed by atoms with Crippen molar-refractivity contribution in [1.82, 2.24) is 0 Å². The first-order chi connectivity index (χ1) is 10.7. The molecule has 0 fully saturated rings. The lowest BCUT2D eigenvalue weighted by Crippen LogP contribution is -2.07. The first-order valence-corrected chi connectivity index (χ1v) is 6.82. The maximum absolute atomic E-state index is 12.8. The van der Waals surface area contributed by atoms with Gasteiger partial charge in [0.1, 0.15) is 5.75 Å². The lowest BCUT2D eigenvalue weighted by atomic mass is 9.96. The van der Waals surface area contributed by atoms with Crippen LogP contribution in [0.4, 0.5) is 13.2 Å². The summed E-state index contributed by atoms with van der Waals surface area (Å²) in [6.07, 6.45) is -4.43. The first kappa shape index (κ1) is 16.9. The highest BCUT2D eigenvalue weighted by Crippen LogP contribution is 2.36. The largest absolute Gasteiger partial charge is 0.496 e. The van der Waals surface area contributed by atoms with Crippen LogP contribution < -0.4 is 4.74 Å². The Labute approximate surface area is 131 Å². The molecule has 1 atom stereocenters. The Morgan fingerprint density at radius 3 is 2.43 bits per heavy atom. The van der Waals surface area contributed by atoms with Gasteiger partial charge in [-0.25, -0.2) is 0 Å². The molecule has 0 saturated carbocycles. The van der Waals surface area contributed by atoms with E-state index < -0.39 is 23.6 Å². The number of ether oxygens (including phenoxy) is 1. The van der Waals surface area contributed by atoms with Gasteiger partial charge < -0.3 is 9.84 Å². The zero-order valence-electron chi connectivity index (χ0n) is 12.5. The molecule has 0 spiro atoms. The van der Waals surface area contributed by atoms with E-state index in [1.807, 2.05) is 0 Å². The van der Waals surface area contributed by atoms with E-state index in [2.05, 4.69) is 0 Å². The topological polar surface area (TPSA) is 46.5 Å². The monoisotopic (exact) mass is 324 g/mol. The average molecular weight is 324 g/mol. The smallest absolute Gasteiger partial charge is 0.416 e. The SMILES string of the molecule is COc1cc(C(C)C(=O)O)ccc1-c1cccc(C(F)(F)F)c1. The third kappa shape index (κ3) is 3.64. The fourth-order valence-electron chi connectivity index (χ4n) is 2.22. The third-order valence-corrected chi connectivity index (χ3v) is 3.60. The van der Waals surface area contributed by atoms with Crippen molar-refractivity contribution in [1.29, 1.82) is 0 Å². The van der Waals surface area contributed by atoms with Crippen LogP contribution in [0.5, 0.6) is 5.75 Å². The molecule has 122 valence electrons. The Hall–Kier alpha value is -2.50. The van der Waals surface area contributed by atoms with E-state index in [9.17, 15) is 18.0 Å². The number of alkyl halides is 3. The summed E-state index contributed by atoms with van der Waals surface area (Å²) in [6, 6.07) is 9.60. The van der Waals surface area contributed by atoms with Crippen molar-refractivity contribution in [2.75, 3.05) is 7.11 Å². The Morgan fingerprint density at radius 2 is 1.87 bits per heavy atom. The molecule has 1 N–H and O–H groups in total. The molecule has 6 heteroatoms. The number of methoxy groups -OCH3 is 1. The van der Waals surface area contributed by atoms with Gasteiger partial charge in [-0.1, -0.05) is 24.3 Å². The van der Waals surface area contributed by atoms with E-state index in [0.717, 1.165) is 12.1 Å². The summed E-state index contributed by atoms with van der Waals surface area (Å²) in [4.78, 5) is 11.0. The maximum Gasteiger partial charge on any atom is 0.416 e. The molecule has 0 heterocycles. The molecule has 2 aromatic rings. The van der Waals surface area contributed by atoms with Gasteiger partial charge in [-0.15, -0.1) is 0 Å². The number of benzene rings is 2. The molecule has 0 aliphatic heterocycles. The van der Waals surface area contributed by atoms with Gasteiger partial charge in [0, 0.05) is 5.56 Å². The number of carboxylic acids is 1. The predicted molar refractivity (Wildman–Crippen MR) is 79.5 cm³/mol. The Balaban J connectivity index is 2.50. The van der Waals surface area contributed by atoms with Gasteiger partial charge in [0.25, 0.3) is 0 Å². The molecule has 0 radical (unpaired) electrons. The van der Waals surface area contributed by atoms with Gasteiger partial charge in [0.2, 0.25) is 0 Å². The summed E-state index contributed by atoms with van der Waals surface area (Å²) in [7, 11) is 1.39. The third-order valence-electron chi connectivity index (χ3n) is 3.60. The highest BCUT2D eigenvalue weighted by atomic mass is 19.4. The Kier molecular flexibility index (Phi) is 4.63. The van der Waals surface area contributed by atoms with E-state index >= 15 is 0 Å². The zero-order chi connectivity index (χ0) is 17.2. The van der Waals surface area contributed by atoms with Crippen LogP contribution in [-0.2, 0) is 11.0 Å². The molecular weight excluding hydrogens is 309 g/mol. The van der Waals surface area contributed by atoms with Crippen molar-refractivity contribution < 1.29 is 27.8 Å². The molecule has 0 aliphatic carbocycles. The predicted octanol–water partition coefficient (Wildman–Crippen LogP) is 4.57. The molecular formula is C17H15F3O3. The minimum Gasteiger partial charge on any atom is -0.496 e. The van der Waals surface area contributed by atoms with Crippen LogP contribution in [0.1, 0.15) is 24.0 Å². The molecule has 3 nitrogen and oxygen atoms in total. The number of hydrogen-bond acceptors (Lipinski definition) is 2. The summed E-state index contributed by atoms with van der Waals surface area (Å²) >= 11 is 0. The van der Waals surface area contributed by atoms with Crippen LogP contribution in [0.2, 0.25) is 0 Å². The first-order valence-electron chi connectivity index (χ1n) is 6.82. The number of carbonyl (C=O) groups is 1. The van der Waals surface area contributed by atoms with Crippen LogP contribution in [0.25, 0.3) is 11.1 Å². The highest BCUT2D eigenvalue weighted by molar-refractivity contribution is 5.78. The lowest BCUT2D eigenvalue weighted by molar-refractivity contribution is -0.138. The molecule has 1 unspecified atom stereocenters. The fourth-order valence-corrected chi connectivity index (χ4v) is 2.22. The van der Waals surface area contributed by atoms with Crippen molar-refractivity contribution in [3.63, 3.8) is 0 Å². The van der Waals surface area contributed by atoms with Gasteiger partial charge in [0.05, 0.1) is 18.6 Å². The van der Waals surface area contributed by atoms with Crippen LogP contribution >= 0.6 is 0 Å². The molecule has 23 heavy (non-hydrogen) atoms. The lowest BCUT2D eigenvalue weighted by Gasteiger charge is -2.14. The van der Waals surface area contributed by atoms with Crippen LogP contribution in [-0.4, -0.2) is 18.2 Å². The number of aliphatic carboxylic acids is 1. The van der Waals surface area contributed by atoms with Crippen LogP contribution in [0.3, 0.4) is 0 Å². The number of carboxylic acid groups (broad SMARTS) is 1. The number of hydrogen-bond donors (Lipinski definition) is 1. The fraction of sp³-hybridized carbons (Fsp3) is 0.235. The minimum atomic E-state index is -4.43. The summed E-state index contributed by atoms with van der Waals surface area (Å²) in [6.45, 7) is 1.53. The zero-order valence-corrected chi connectivity index (χ0v) is 12.5. The van der Waals surface area contributed by atoms with Crippen LogP contribution in [0.15, 0.2) is 42.5 Å². The molecule has 2 rings (SSSR count). The summed E-state index contributed by atoms with van der Waals surface area (Å²) in [5.41, 5.74) is 0.594. The second-order valence-electron chi connectivity index (χ2n) is 5.10. The van der Waals surface area contributed by atoms with Gasteiger partial charge in [0.15, 0.2) is 0 Å². The van der Waals surface area contributed by atoms with Crippen molar-refractivity contribution in [3.05, 3.63) is 53.6 Å². The Bertz CT molecular complexity index is 723. The van der Waals surface area contributed by atoms with E-state index in [-0.39, 0.29) is 0 Å². The van der Waals surface area contributed by atoms with Crippen molar-refractivity contribution in [3.8, 4) is 16.9 Å². The summed E-state index contributed by atoms with van der Waals surface area (Å²) in [5, 5.41) is 9.05. The number of rotatable bonds is 4. The molecule has 0 saturated heterocycles. The van der Waals surface area contributed by atoms with Gasteiger partial charge in [-0.05, 0) is 36.2 Å². The van der Waals surface area contributed by atoms with E-state index in [1.165, 1.54) is 26.2 Å². The van der Waals surface area contributed by atoms with Gasteiger partial charge in [-0.2, -0.15) is 13.2 Å². The van der Waals surface area contributed by atoms with E-state index in [4.69, 9.17) is 9.84 Å². The second kappa shape index (κ2) is 6.32.